The number of alkyl halides is 3. The third kappa shape index (κ3) is 6.64. The predicted molar refractivity (Wildman–Crippen MR) is 148 cm³/mol. The number of halogens is 4. The Morgan fingerprint density at radius 2 is 1.78 bits per heavy atom. The molecular weight excluding hydrogens is 559 g/mol. The molecule has 0 atom stereocenters. The standard InChI is InChI=1S/C28H23ClF3N7O2/c1-15(2)35-26(40)20-12-17(14-33)11-16(3)24(20)37-27(41)22-13-23(38-39(22)25-21(29)5-4-10-34-25)36-19-8-6-18(7-9-19)28(30,31)32/h4-13,15H,1-3H3,(H,35,40)(H,36,38)(H,37,41). The highest BCUT2D eigenvalue weighted by Gasteiger charge is 2.30. The zero-order valence-electron chi connectivity index (χ0n) is 22.0. The Labute approximate surface area is 238 Å². The molecule has 0 saturated heterocycles. The van der Waals surface area contributed by atoms with Crippen molar-refractivity contribution in [2.75, 3.05) is 10.6 Å². The van der Waals surface area contributed by atoms with Gasteiger partial charge in [-0.3, -0.25) is 9.59 Å². The minimum Gasteiger partial charge on any atom is -0.350 e. The zero-order valence-corrected chi connectivity index (χ0v) is 22.7. The van der Waals surface area contributed by atoms with E-state index in [9.17, 15) is 28.0 Å². The number of hydrogen-bond acceptors (Lipinski definition) is 6. The fourth-order valence-corrected chi connectivity index (χ4v) is 4.10. The van der Waals surface area contributed by atoms with E-state index >= 15 is 0 Å². The number of hydrogen-bond donors (Lipinski definition) is 3. The molecule has 0 fully saturated rings. The summed E-state index contributed by atoms with van der Waals surface area (Å²) in [5, 5.41) is 22.3. The number of nitrogens with zero attached hydrogens (tertiary/aromatic N) is 4. The minimum absolute atomic E-state index is 0.0426. The lowest BCUT2D eigenvalue weighted by atomic mass is 10.0. The molecule has 0 unspecified atom stereocenters. The summed E-state index contributed by atoms with van der Waals surface area (Å²) in [7, 11) is 0. The van der Waals surface area contributed by atoms with Gasteiger partial charge in [0, 0.05) is 24.0 Å². The normalized spacial score (nSPS) is 11.2. The average Bonchev–Trinajstić information content (AvgIpc) is 3.32. The van der Waals surface area contributed by atoms with Gasteiger partial charge in [0.2, 0.25) is 0 Å². The first-order chi connectivity index (χ1) is 19.4. The molecule has 0 saturated carbocycles. The number of nitrogens with one attached hydrogen (secondary N) is 3. The van der Waals surface area contributed by atoms with Crippen molar-refractivity contribution < 1.29 is 22.8 Å². The van der Waals surface area contributed by atoms with Gasteiger partial charge < -0.3 is 16.0 Å². The van der Waals surface area contributed by atoms with E-state index in [0.29, 0.717) is 5.56 Å². The van der Waals surface area contributed by atoms with Gasteiger partial charge in [0.05, 0.1) is 33.5 Å². The van der Waals surface area contributed by atoms with E-state index in [1.807, 2.05) is 6.07 Å². The fraction of sp³-hybridized carbons (Fsp3) is 0.179. The third-order valence-corrected chi connectivity index (χ3v) is 6.03. The first-order valence-electron chi connectivity index (χ1n) is 12.2. The number of anilines is 3. The molecule has 2 amide bonds. The van der Waals surface area contributed by atoms with Crippen LogP contribution < -0.4 is 16.0 Å². The molecule has 0 aliphatic rings. The van der Waals surface area contributed by atoms with Gasteiger partial charge in [-0.25, -0.2) is 9.67 Å². The number of nitriles is 1. The summed E-state index contributed by atoms with van der Waals surface area (Å²) in [6, 6.07) is 13.5. The molecule has 4 rings (SSSR count). The zero-order chi connectivity index (χ0) is 29.9. The van der Waals surface area contributed by atoms with E-state index in [1.165, 1.54) is 41.2 Å². The van der Waals surface area contributed by atoms with E-state index in [2.05, 4.69) is 26.0 Å². The van der Waals surface area contributed by atoms with Crippen molar-refractivity contribution >= 4 is 40.6 Å². The first kappa shape index (κ1) is 29.1. The Bertz CT molecular complexity index is 1660. The van der Waals surface area contributed by atoms with E-state index in [4.69, 9.17) is 11.6 Å². The van der Waals surface area contributed by atoms with Crippen molar-refractivity contribution in [2.24, 2.45) is 0 Å². The van der Waals surface area contributed by atoms with Gasteiger partial charge in [0.25, 0.3) is 11.8 Å². The van der Waals surface area contributed by atoms with Crippen molar-refractivity contribution in [2.45, 2.75) is 33.0 Å². The fourth-order valence-electron chi connectivity index (χ4n) is 3.90. The molecule has 13 heteroatoms. The second-order valence-corrected chi connectivity index (χ2v) is 9.65. The number of benzene rings is 2. The van der Waals surface area contributed by atoms with Crippen LogP contribution in [0, 0.1) is 18.3 Å². The van der Waals surface area contributed by atoms with Crippen LogP contribution in [0.4, 0.5) is 30.4 Å². The Morgan fingerprint density at radius 1 is 1.07 bits per heavy atom. The van der Waals surface area contributed by atoms with Gasteiger partial charge in [-0.05, 0) is 74.9 Å². The van der Waals surface area contributed by atoms with Gasteiger partial charge in [-0.2, -0.15) is 18.4 Å². The summed E-state index contributed by atoms with van der Waals surface area (Å²) in [6.45, 7) is 5.20. The molecule has 4 aromatic rings. The van der Waals surface area contributed by atoms with Gasteiger partial charge in [0.1, 0.15) is 5.69 Å². The van der Waals surface area contributed by atoms with E-state index in [-0.39, 0.29) is 50.9 Å². The van der Waals surface area contributed by atoms with Crippen molar-refractivity contribution in [3.05, 3.63) is 93.8 Å². The molecule has 0 radical (unpaired) electrons. The first-order valence-corrected chi connectivity index (χ1v) is 12.6. The van der Waals surface area contributed by atoms with E-state index in [0.717, 1.165) is 12.1 Å². The van der Waals surface area contributed by atoms with Crippen LogP contribution in [-0.4, -0.2) is 32.6 Å². The van der Waals surface area contributed by atoms with Crippen LogP contribution in [0.5, 0.6) is 0 Å². The highest BCUT2D eigenvalue weighted by atomic mass is 35.5. The second-order valence-electron chi connectivity index (χ2n) is 9.25. The summed E-state index contributed by atoms with van der Waals surface area (Å²) in [4.78, 5) is 30.8. The summed E-state index contributed by atoms with van der Waals surface area (Å²) in [6.07, 6.45) is -3.04. The van der Waals surface area contributed by atoms with Crippen molar-refractivity contribution in [1.82, 2.24) is 20.1 Å². The third-order valence-electron chi connectivity index (χ3n) is 5.73. The SMILES string of the molecule is Cc1cc(C#N)cc(C(=O)NC(C)C)c1NC(=O)c1cc(Nc2ccc(C(F)(F)F)cc2)nn1-c1ncccc1Cl. The molecular formula is C28H23ClF3N7O2. The van der Waals surface area contributed by atoms with Crippen LogP contribution in [0.3, 0.4) is 0 Å². The molecule has 0 aliphatic heterocycles. The lowest BCUT2D eigenvalue weighted by Crippen LogP contribution is -2.31. The van der Waals surface area contributed by atoms with Crippen LogP contribution in [0.25, 0.3) is 5.82 Å². The van der Waals surface area contributed by atoms with Crippen molar-refractivity contribution in [3.8, 4) is 11.9 Å². The Kier molecular flexibility index (Phi) is 8.30. The maximum atomic E-state index is 13.7. The number of carbonyl (C=O) groups excluding carboxylic acids is 2. The summed E-state index contributed by atoms with van der Waals surface area (Å²) < 4.78 is 40.1. The van der Waals surface area contributed by atoms with Gasteiger partial charge in [-0.15, -0.1) is 5.10 Å². The number of aromatic nitrogens is 3. The molecule has 2 aromatic carbocycles. The highest BCUT2D eigenvalue weighted by molar-refractivity contribution is 6.32. The topological polar surface area (TPSA) is 125 Å². The maximum Gasteiger partial charge on any atom is 0.416 e. The Balaban J connectivity index is 1.74. The van der Waals surface area contributed by atoms with Crippen LogP contribution in [0.15, 0.2) is 60.8 Å². The van der Waals surface area contributed by atoms with E-state index in [1.54, 1.807) is 32.9 Å². The molecule has 210 valence electrons. The quantitative estimate of drug-likeness (QED) is 0.237. The number of rotatable bonds is 7. The lowest BCUT2D eigenvalue weighted by molar-refractivity contribution is -0.137. The molecule has 41 heavy (non-hydrogen) atoms. The van der Waals surface area contributed by atoms with E-state index < -0.39 is 23.6 Å². The smallest absolute Gasteiger partial charge is 0.350 e. The number of amides is 2. The van der Waals surface area contributed by atoms with Gasteiger partial charge in [0.15, 0.2) is 11.6 Å². The van der Waals surface area contributed by atoms with Crippen LogP contribution in [0.2, 0.25) is 5.02 Å². The Hall–Kier alpha value is -4.89. The number of pyridine rings is 1. The largest absolute Gasteiger partial charge is 0.416 e. The molecule has 2 heterocycles. The second kappa shape index (κ2) is 11.7. The van der Waals surface area contributed by atoms with Gasteiger partial charge in [-0.1, -0.05) is 11.6 Å². The van der Waals surface area contributed by atoms with Crippen LogP contribution >= 0.6 is 11.6 Å². The number of carbonyl (C=O) groups is 2. The summed E-state index contributed by atoms with van der Waals surface area (Å²) in [5.74, 6) is -0.937. The van der Waals surface area contributed by atoms with Gasteiger partial charge >= 0.3 is 6.18 Å². The lowest BCUT2D eigenvalue weighted by Gasteiger charge is -2.16. The maximum absolute atomic E-state index is 13.7. The van der Waals surface area contributed by atoms with Crippen molar-refractivity contribution in [3.63, 3.8) is 0 Å². The molecule has 0 spiro atoms. The number of aryl methyl sites for hydroxylation is 1. The molecule has 3 N–H and O–H groups in total. The Morgan fingerprint density at radius 3 is 2.39 bits per heavy atom. The minimum atomic E-state index is -4.49. The van der Waals surface area contributed by atoms with Crippen LogP contribution in [-0.2, 0) is 6.18 Å². The average molecular weight is 582 g/mol. The molecule has 2 aromatic heterocycles. The molecule has 0 bridgehead atoms. The van der Waals surface area contributed by atoms with Crippen LogP contribution in [0.1, 0.15) is 51.4 Å². The molecule has 9 nitrogen and oxygen atoms in total. The summed E-state index contributed by atoms with van der Waals surface area (Å²) >= 11 is 6.33. The van der Waals surface area contributed by atoms with Crippen molar-refractivity contribution in [1.29, 1.82) is 5.26 Å². The molecule has 0 aliphatic carbocycles. The predicted octanol–water partition coefficient (Wildman–Crippen LogP) is 6.25. The highest BCUT2D eigenvalue weighted by Crippen LogP contribution is 2.31. The summed E-state index contributed by atoms with van der Waals surface area (Å²) in [5.41, 5.74) is 0.414. The monoisotopic (exact) mass is 581 g/mol.